The van der Waals surface area contributed by atoms with E-state index in [2.05, 4.69) is 15.5 Å². The molecule has 0 unspecified atom stereocenters. The zero-order chi connectivity index (χ0) is 19.2. The number of aromatic nitrogens is 3. The maximum Gasteiger partial charge on any atom is 0.240 e. The molecular weight excluding hydrogens is 360 g/mol. The fourth-order valence-electron chi connectivity index (χ4n) is 2.71. The first-order valence-corrected chi connectivity index (χ1v) is 9.03. The van der Waals surface area contributed by atoms with Gasteiger partial charge in [-0.15, -0.1) is 0 Å². The van der Waals surface area contributed by atoms with Gasteiger partial charge in [0.15, 0.2) is 10.6 Å². The van der Waals surface area contributed by atoms with Gasteiger partial charge < -0.3 is 10.1 Å². The average molecular weight is 382 g/mol. The summed E-state index contributed by atoms with van der Waals surface area (Å²) in [6, 6.07) is 15.9. The molecule has 140 valence electrons. The molecule has 0 saturated heterocycles. The van der Waals surface area contributed by atoms with Crippen LogP contribution in [0.2, 0.25) is 0 Å². The standard InChI is InChI=1S/C20H22N4O2S/c1-14-3-9-17(10-4-14)19-22-23-20(27)24(19)12-18(25)21-11-15-5-7-16(8-6-15)13-26-2/h3-10H,11-13H2,1-2H3,(H,21,25)(H,23,27). The second-order valence-electron chi connectivity index (χ2n) is 6.33. The maximum atomic E-state index is 12.4. The number of hydrogen-bond donors (Lipinski definition) is 2. The molecule has 0 spiro atoms. The number of carbonyl (C=O) groups is 1. The van der Waals surface area contributed by atoms with E-state index < -0.39 is 0 Å². The smallest absolute Gasteiger partial charge is 0.240 e. The van der Waals surface area contributed by atoms with Crippen molar-refractivity contribution < 1.29 is 9.53 Å². The highest BCUT2D eigenvalue weighted by Crippen LogP contribution is 2.17. The number of nitrogens with zero attached hydrogens (tertiary/aromatic N) is 2. The van der Waals surface area contributed by atoms with Crippen molar-refractivity contribution in [3.05, 3.63) is 70.0 Å². The van der Waals surface area contributed by atoms with E-state index in [1.54, 1.807) is 11.7 Å². The third-order valence-electron chi connectivity index (χ3n) is 4.19. The quantitative estimate of drug-likeness (QED) is 0.615. The highest BCUT2D eigenvalue weighted by atomic mass is 32.1. The van der Waals surface area contributed by atoms with Crippen LogP contribution in [0.3, 0.4) is 0 Å². The number of benzene rings is 2. The normalized spacial score (nSPS) is 10.7. The Hall–Kier alpha value is -2.77. The summed E-state index contributed by atoms with van der Waals surface area (Å²) in [4.78, 5) is 12.4. The van der Waals surface area contributed by atoms with Crippen molar-refractivity contribution in [2.45, 2.75) is 26.6 Å². The number of H-pyrrole nitrogens is 1. The minimum atomic E-state index is -0.123. The summed E-state index contributed by atoms with van der Waals surface area (Å²) in [7, 11) is 1.67. The van der Waals surface area contributed by atoms with E-state index in [-0.39, 0.29) is 12.5 Å². The van der Waals surface area contributed by atoms with E-state index in [0.717, 1.165) is 22.3 Å². The van der Waals surface area contributed by atoms with Gasteiger partial charge in [0, 0.05) is 19.2 Å². The van der Waals surface area contributed by atoms with Crippen LogP contribution >= 0.6 is 12.2 Å². The van der Waals surface area contributed by atoms with Crippen LogP contribution in [0.5, 0.6) is 0 Å². The molecule has 6 nitrogen and oxygen atoms in total. The summed E-state index contributed by atoms with van der Waals surface area (Å²) >= 11 is 5.29. The highest BCUT2D eigenvalue weighted by Gasteiger charge is 2.12. The van der Waals surface area contributed by atoms with Crippen molar-refractivity contribution >= 4 is 18.1 Å². The lowest BCUT2D eigenvalue weighted by molar-refractivity contribution is -0.121. The Morgan fingerprint density at radius 3 is 2.48 bits per heavy atom. The van der Waals surface area contributed by atoms with E-state index in [1.807, 2.05) is 55.5 Å². The van der Waals surface area contributed by atoms with Gasteiger partial charge in [-0.25, -0.2) is 0 Å². The van der Waals surface area contributed by atoms with Crippen molar-refractivity contribution in [3.63, 3.8) is 0 Å². The zero-order valence-electron chi connectivity index (χ0n) is 15.4. The topological polar surface area (TPSA) is 71.9 Å². The number of nitrogens with one attached hydrogen (secondary N) is 2. The number of ether oxygens (including phenoxy) is 1. The largest absolute Gasteiger partial charge is 0.380 e. The molecule has 27 heavy (non-hydrogen) atoms. The van der Waals surface area contributed by atoms with E-state index in [1.165, 1.54) is 0 Å². The van der Waals surface area contributed by atoms with Crippen LogP contribution in [0.15, 0.2) is 48.5 Å². The molecule has 0 aliphatic rings. The highest BCUT2D eigenvalue weighted by molar-refractivity contribution is 7.71. The molecule has 0 bridgehead atoms. The van der Waals surface area contributed by atoms with E-state index in [9.17, 15) is 4.79 Å². The van der Waals surface area contributed by atoms with Crippen molar-refractivity contribution in [2.24, 2.45) is 0 Å². The SMILES string of the molecule is COCc1ccc(CNC(=O)Cn2c(-c3ccc(C)cc3)n[nH]c2=S)cc1. The first-order valence-electron chi connectivity index (χ1n) is 8.62. The fraction of sp³-hybridized carbons (Fsp3) is 0.250. The van der Waals surface area contributed by atoms with Crippen LogP contribution in [0.25, 0.3) is 11.4 Å². The molecule has 2 N–H and O–H groups in total. The summed E-state index contributed by atoms with van der Waals surface area (Å²) < 4.78 is 7.23. The molecular formula is C20H22N4O2S. The van der Waals surface area contributed by atoms with Gasteiger partial charge in [-0.05, 0) is 30.3 Å². The van der Waals surface area contributed by atoms with Crippen LogP contribution < -0.4 is 5.32 Å². The Balaban J connectivity index is 1.65. The second-order valence-corrected chi connectivity index (χ2v) is 6.72. The molecule has 0 radical (unpaired) electrons. The predicted octanol–water partition coefficient (Wildman–Crippen LogP) is 3.38. The summed E-state index contributed by atoms with van der Waals surface area (Å²) in [5.74, 6) is 0.529. The number of aryl methyl sites for hydroxylation is 1. The molecule has 2 aromatic carbocycles. The van der Waals surface area contributed by atoms with Crippen LogP contribution in [0.1, 0.15) is 16.7 Å². The molecule has 0 saturated carbocycles. The van der Waals surface area contributed by atoms with Crippen LogP contribution in [0.4, 0.5) is 0 Å². The minimum absolute atomic E-state index is 0.111. The third-order valence-corrected chi connectivity index (χ3v) is 4.51. The Labute approximate surface area is 163 Å². The van der Waals surface area contributed by atoms with Crippen LogP contribution in [0, 0.1) is 11.7 Å². The Morgan fingerprint density at radius 1 is 1.15 bits per heavy atom. The molecule has 1 aromatic heterocycles. The number of rotatable bonds is 7. The molecule has 0 fully saturated rings. The number of methoxy groups -OCH3 is 1. The molecule has 1 amide bonds. The number of carbonyl (C=O) groups excluding carboxylic acids is 1. The van der Waals surface area contributed by atoms with Crippen molar-refractivity contribution in [1.82, 2.24) is 20.1 Å². The van der Waals surface area contributed by atoms with Crippen molar-refractivity contribution in [1.29, 1.82) is 0 Å². The maximum absolute atomic E-state index is 12.4. The van der Waals surface area contributed by atoms with E-state index in [4.69, 9.17) is 17.0 Å². The lowest BCUT2D eigenvalue weighted by atomic mass is 10.1. The van der Waals surface area contributed by atoms with Crippen molar-refractivity contribution in [2.75, 3.05) is 7.11 Å². The average Bonchev–Trinajstić information content (AvgIpc) is 3.02. The minimum Gasteiger partial charge on any atom is -0.380 e. The first-order chi connectivity index (χ1) is 13.1. The number of aromatic amines is 1. The lowest BCUT2D eigenvalue weighted by Gasteiger charge is -2.09. The lowest BCUT2D eigenvalue weighted by Crippen LogP contribution is -2.27. The van der Waals surface area contributed by atoms with Crippen LogP contribution in [-0.4, -0.2) is 27.8 Å². The summed E-state index contributed by atoms with van der Waals surface area (Å²) in [6.07, 6.45) is 0. The molecule has 0 aliphatic heterocycles. The first kappa shape index (κ1) is 19.0. The van der Waals surface area contributed by atoms with E-state index in [0.29, 0.717) is 23.7 Å². The zero-order valence-corrected chi connectivity index (χ0v) is 16.2. The van der Waals surface area contributed by atoms with Gasteiger partial charge >= 0.3 is 0 Å². The second kappa shape index (κ2) is 8.75. The Kier molecular flexibility index (Phi) is 6.16. The van der Waals surface area contributed by atoms with Gasteiger partial charge in [0.1, 0.15) is 6.54 Å². The van der Waals surface area contributed by atoms with Gasteiger partial charge in [0.25, 0.3) is 0 Å². The Morgan fingerprint density at radius 2 is 1.81 bits per heavy atom. The van der Waals surface area contributed by atoms with Gasteiger partial charge in [-0.2, -0.15) is 5.10 Å². The number of hydrogen-bond acceptors (Lipinski definition) is 4. The summed E-state index contributed by atoms with van der Waals surface area (Å²) in [5.41, 5.74) is 4.20. The van der Waals surface area contributed by atoms with Gasteiger partial charge in [-0.1, -0.05) is 54.1 Å². The van der Waals surface area contributed by atoms with Gasteiger partial charge in [-0.3, -0.25) is 14.5 Å². The van der Waals surface area contributed by atoms with Gasteiger partial charge in [0.2, 0.25) is 5.91 Å². The fourth-order valence-corrected chi connectivity index (χ4v) is 2.90. The number of amides is 1. The predicted molar refractivity (Wildman–Crippen MR) is 107 cm³/mol. The summed E-state index contributed by atoms with van der Waals surface area (Å²) in [5, 5.41) is 9.96. The van der Waals surface area contributed by atoms with E-state index >= 15 is 0 Å². The molecule has 7 heteroatoms. The molecule has 3 rings (SSSR count). The monoisotopic (exact) mass is 382 g/mol. The molecule has 0 aliphatic carbocycles. The molecule has 0 atom stereocenters. The Bertz CT molecular complexity index is 959. The molecule has 3 aromatic rings. The van der Waals surface area contributed by atoms with Gasteiger partial charge in [0.05, 0.1) is 6.61 Å². The van der Waals surface area contributed by atoms with Crippen molar-refractivity contribution in [3.8, 4) is 11.4 Å². The molecule has 1 heterocycles. The summed E-state index contributed by atoms with van der Waals surface area (Å²) in [6.45, 7) is 3.17. The van der Waals surface area contributed by atoms with Crippen LogP contribution in [-0.2, 0) is 29.2 Å². The third kappa shape index (κ3) is 4.90.